The summed E-state index contributed by atoms with van der Waals surface area (Å²) in [6.07, 6.45) is 3.20. The van der Waals surface area contributed by atoms with Gasteiger partial charge in [0.1, 0.15) is 23.9 Å². The van der Waals surface area contributed by atoms with E-state index in [0.29, 0.717) is 17.9 Å². The lowest BCUT2D eigenvalue weighted by molar-refractivity contribution is 0.0937. The molecule has 2 aromatic heterocycles. The van der Waals surface area contributed by atoms with Crippen molar-refractivity contribution in [3.8, 4) is 5.75 Å². The Morgan fingerprint density at radius 2 is 2.03 bits per heavy atom. The number of nitrogens with one attached hydrogen (secondary N) is 1. The zero-order valence-corrected chi connectivity index (χ0v) is 18.4. The molecule has 0 saturated carbocycles. The quantitative estimate of drug-likeness (QED) is 0.533. The second-order valence-electron chi connectivity index (χ2n) is 7.84. The first-order chi connectivity index (χ1) is 14.6. The molecular formula is C22H25ClF2N4O2. The zero-order valence-electron chi connectivity index (χ0n) is 17.6. The minimum Gasteiger partial charge on any atom is -0.485 e. The number of hydrogen-bond acceptors (Lipinski definition) is 4. The molecule has 1 unspecified atom stereocenters. The molecule has 3 rings (SSSR count). The SMILES string of the molecule is CCCC(C)(N)CNC(=O)c1c(C)nc2c(OCc3c(F)cccc3F)cc(Cl)cn12. The van der Waals surface area contributed by atoms with Gasteiger partial charge in [-0.05, 0) is 32.4 Å². The van der Waals surface area contributed by atoms with E-state index in [4.69, 9.17) is 22.1 Å². The Hall–Kier alpha value is -2.71. The van der Waals surface area contributed by atoms with Crippen molar-refractivity contribution in [2.24, 2.45) is 5.73 Å². The van der Waals surface area contributed by atoms with Crippen molar-refractivity contribution in [2.45, 2.75) is 45.8 Å². The number of pyridine rings is 1. The summed E-state index contributed by atoms with van der Waals surface area (Å²) in [6.45, 7) is 5.53. The fourth-order valence-corrected chi connectivity index (χ4v) is 3.62. The molecule has 1 aromatic carbocycles. The third-order valence-electron chi connectivity index (χ3n) is 4.95. The number of fused-ring (bicyclic) bond motifs is 1. The molecule has 2 heterocycles. The minimum atomic E-state index is -0.713. The highest BCUT2D eigenvalue weighted by Crippen LogP contribution is 2.28. The molecule has 3 N–H and O–H groups in total. The Labute approximate surface area is 184 Å². The number of carbonyl (C=O) groups is 1. The predicted octanol–water partition coefficient (Wildman–Crippen LogP) is 4.40. The molecule has 0 spiro atoms. The van der Waals surface area contributed by atoms with E-state index in [1.807, 2.05) is 13.8 Å². The topological polar surface area (TPSA) is 81.6 Å². The van der Waals surface area contributed by atoms with Crippen LogP contribution in [0.4, 0.5) is 8.78 Å². The van der Waals surface area contributed by atoms with Crippen molar-refractivity contribution in [3.63, 3.8) is 0 Å². The molecule has 0 radical (unpaired) electrons. The van der Waals surface area contributed by atoms with Crippen molar-refractivity contribution >= 4 is 23.2 Å². The number of halogens is 3. The molecule has 6 nitrogen and oxygen atoms in total. The number of nitrogens with zero attached hydrogens (tertiary/aromatic N) is 2. The molecular weight excluding hydrogens is 426 g/mol. The standard InChI is InChI=1S/C22H25ClF2N4O2/c1-4-8-22(3,26)12-27-21(30)19-13(2)28-20-18(9-14(23)10-29(19)20)31-11-15-16(24)6-5-7-17(15)25/h5-7,9-10H,4,8,11-12,26H2,1-3H3,(H,27,30). The van der Waals surface area contributed by atoms with E-state index < -0.39 is 17.2 Å². The van der Waals surface area contributed by atoms with Crippen molar-refractivity contribution in [1.29, 1.82) is 0 Å². The predicted molar refractivity (Wildman–Crippen MR) is 115 cm³/mol. The van der Waals surface area contributed by atoms with Crippen LogP contribution < -0.4 is 15.8 Å². The Morgan fingerprint density at radius 3 is 2.68 bits per heavy atom. The number of ether oxygens (including phenoxy) is 1. The summed E-state index contributed by atoms with van der Waals surface area (Å²) in [6, 6.07) is 5.08. The van der Waals surface area contributed by atoms with E-state index in [2.05, 4.69) is 10.3 Å². The first kappa shape index (κ1) is 23.0. The van der Waals surface area contributed by atoms with Crippen LogP contribution in [0, 0.1) is 18.6 Å². The third kappa shape index (κ3) is 5.14. The number of nitrogens with two attached hydrogens (primary N) is 1. The molecule has 0 fully saturated rings. The van der Waals surface area contributed by atoms with E-state index in [0.717, 1.165) is 25.0 Å². The number of benzene rings is 1. The summed E-state index contributed by atoms with van der Waals surface area (Å²) >= 11 is 6.22. The summed E-state index contributed by atoms with van der Waals surface area (Å²) in [5, 5.41) is 3.12. The molecule has 1 amide bonds. The van der Waals surface area contributed by atoms with Gasteiger partial charge in [-0.15, -0.1) is 0 Å². The molecule has 0 aliphatic heterocycles. The fourth-order valence-electron chi connectivity index (χ4n) is 3.42. The van der Waals surface area contributed by atoms with Gasteiger partial charge in [-0.2, -0.15) is 0 Å². The second-order valence-corrected chi connectivity index (χ2v) is 8.27. The number of aromatic nitrogens is 2. The average Bonchev–Trinajstić information content (AvgIpc) is 3.01. The summed E-state index contributed by atoms with van der Waals surface area (Å²) in [5.41, 5.74) is 6.52. The highest BCUT2D eigenvalue weighted by atomic mass is 35.5. The number of amides is 1. The van der Waals surface area contributed by atoms with Crippen molar-refractivity contribution < 1.29 is 18.3 Å². The van der Waals surface area contributed by atoms with Crippen LogP contribution in [0.3, 0.4) is 0 Å². The van der Waals surface area contributed by atoms with Crippen LogP contribution in [0.2, 0.25) is 5.02 Å². The lowest BCUT2D eigenvalue weighted by atomic mass is 9.98. The summed E-state index contributed by atoms with van der Waals surface area (Å²) in [7, 11) is 0. The van der Waals surface area contributed by atoms with E-state index in [-0.39, 0.29) is 34.5 Å². The lowest BCUT2D eigenvalue weighted by Gasteiger charge is -2.24. The first-order valence-corrected chi connectivity index (χ1v) is 10.3. The van der Waals surface area contributed by atoms with Crippen molar-refractivity contribution in [3.05, 3.63) is 64.1 Å². The normalized spacial score (nSPS) is 13.3. The van der Waals surface area contributed by atoms with Gasteiger partial charge in [0, 0.05) is 24.3 Å². The second kappa shape index (κ2) is 9.20. The molecule has 9 heteroatoms. The smallest absolute Gasteiger partial charge is 0.270 e. The van der Waals surface area contributed by atoms with E-state index in [1.54, 1.807) is 6.92 Å². The molecule has 0 bridgehead atoms. The summed E-state index contributed by atoms with van der Waals surface area (Å²) < 4.78 is 35.0. The minimum absolute atomic E-state index is 0.201. The molecule has 0 aliphatic carbocycles. The van der Waals surface area contributed by atoms with Gasteiger partial charge < -0.3 is 15.8 Å². The highest BCUT2D eigenvalue weighted by molar-refractivity contribution is 6.30. The number of carbonyl (C=O) groups excluding carboxylic acids is 1. The van der Waals surface area contributed by atoms with Crippen LogP contribution in [0.5, 0.6) is 5.75 Å². The van der Waals surface area contributed by atoms with Gasteiger partial charge in [0.05, 0.1) is 16.3 Å². The van der Waals surface area contributed by atoms with Gasteiger partial charge >= 0.3 is 0 Å². The Balaban J connectivity index is 1.90. The third-order valence-corrected chi connectivity index (χ3v) is 5.16. The molecule has 3 aromatic rings. The van der Waals surface area contributed by atoms with Gasteiger partial charge in [0.2, 0.25) is 0 Å². The van der Waals surface area contributed by atoms with E-state index >= 15 is 0 Å². The van der Waals surface area contributed by atoms with Crippen molar-refractivity contribution in [2.75, 3.05) is 6.54 Å². The van der Waals surface area contributed by atoms with Gasteiger partial charge in [-0.25, -0.2) is 13.8 Å². The molecule has 0 aliphatic rings. The van der Waals surface area contributed by atoms with Crippen LogP contribution in [-0.2, 0) is 6.61 Å². The molecule has 0 saturated heterocycles. The fraction of sp³-hybridized carbons (Fsp3) is 0.364. The van der Waals surface area contributed by atoms with Crippen LogP contribution in [-0.4, -0.2) is 27.4 Å². The van der Waals surface area contributed by atoms with E-state index in [1.165, 1.54) is 22.7 Å². The average molecular weight is 451 g/mol. The zero-order chi connectivity index (χ0) is 22.8. The highest BCUT2D eigenvalue weighted by Gasteiger charge is 2.23. The Bertz CT molecular complexity index is 1090. The van der Waals surface area contributed by atoms with Crippen LogP contribution in [0.1, 0.15) is 48.4 Å². The lowest BCUT2D eigenvalue weighted by Crippen LogP contribution is -2.47. The number of rotatable bonds is 8. The number of imidazole rings is 1. The van der Waals surface area contributed by atoms with Crippen LogP contribution >= 0.6 is 11.6 Å². The molecule has 166 valence electrons. The van der Waals surface area contributed by atoms with Crippen LogP contribution in [0.15, 0.2) is 30.5 Å². The maximum Gasteiger partial charge on any atom is 0.270 e. The Kier molecular flexibility index (Phi) is 6.81. The largest absolute Gasteiger partial charge is 0.485 e. The van der Waals surface area contributed by atoms with Gasteiger partial charge in [0.15, 0.2) is 11.4 Å². The molecule has 31 heavy (non-hydrogen) atoms. The maximum absolute atomic E-state index is 13.9. The maximum atomic E-state index is 13.9. The number of aryl methyl sites for hydroxylation is 1. The number of hydrogen-bond donors (Lipinski definition) is 2. The molecule has 1 atom stereocenters. The van der Waals surface area contributed by atoms with Gasteiger partial charge in [0.25, 0.3) is 5.91 Å². The van der Waals surface area contributed by atoms with Gasteiger partial charge in [-0.3, -0.25) is 9.20 Å². The monoisotopic (exact) mass is 450 g/mol. The Morgan fingerprint density at radius 1 is 1.35 bits per heavy atom. The summed E-state index contributed by atoms with van der Waals surface area (Å²) in [4.78, 5) is 17.3. The van der Waals surface area contributed by atoms with Crippen molar-refractivity contribution in [1.82, 2.24) is 14.7 Å². The van der Waals surface area contributed by atoms with Crippen LogP contribution in [0.25, 0.3) is 5.65 Å². The van der Waals surface area contributed by atoms with Gasteiger partial charge in [-0.1, -0.05) is 31.0 Å². The first-order valence-electron chi connectivity index (χ1n) is 9.94. The van der Waals surface area contributed by atoms with E-state index in [9.17, 15) is 13.6 Å². The summed E-state index contributed by atoms with van der Waals surface area (Å²) in [5.74, 6) is -1.58.